The van der Waals surface area contributed by atoms with E-state index in [1.807, 2.05) is 6.07 Å². The van der Waals surface area contributed by atoms with E-state index in [4.69, 9.17) is 17.3 Å². The molecule has 2 nitrogen and oxygen atoms in total. The molecule has 0 aromatic heterocycles. The number of halogens is 1. The van der Waals surface area contributed by atoms with E-state index >= 15 is 0 Å². The number of hydrogen-bond acceptors (Lipinski definition) is 2. The summed E-state index contributed by atoms with van der Waals surface area (Å²) in [5, 5.41) is 0.825. The van der Waals surface area contributed by atoms with Crippen LogP contribution in [0.5, 0.6) is 0 Å². The third kappa shape index (κ3) is 1.78. The van der Waals surface area contributed by atoms with E-state index in [0.717, 1.165) is 18.1 Å². The van der Waals surface area contributed by atoms with Gasteiger partial charge in [-0.05, 0) is 30.2 Å². The van der Waals surface area contributed by atoms with Gasteiger partial charge in [0.2, 0.25) is 0 Å². The third-order valence-electron chi connectivity index (χ3n) is 2.88. The lowest BCUT2D eigenvalue weighted by atomic mass is 10.1. The molecule has 1 heterocycles. The van der Waals surface area contributed by atoms with E-state index < -0.39 is 0 Å². The van der Waals surface area contributed by atoms with Gasteiger partial charge in [0.15, 0.2) is 0 Å². The Balaban J connectivity index is 2.17. The van der Waals surface area contributed by atoms with Crippen molar-refractivity contribution < 1.29 is 0 Å². The summed E-state index contributed by atoms with van der Waals surface area (Å²) in [4.78, 5) is 2.38. The zero-order valence-corrected chi connectivity index (χ0v) is 9.09. The van der Waals surface area contributed by atoms with E-state index in [1.165, 1.54) is 11.1 Å². The van der Waals surface area contributed by atoms with Gasteiger partial charge in [-0.15, -0.1) is 0 Å². The molecule has 0 aliphatic carbocycles. The lowest BCUT2D eigenvalue weighted by Gasteiger charge is -2.21. The van der Waals surface area contributed by atoms with Crippen LogP contribution in [-0.2, 0) is 13.1 Å². The van der Waals surface area contributed by atoms with Gasteiger partial charge in [0, 0.05) is 30.7 Å². The molecule has 1 aromatic rings. The number of hydrogen-bond donors (Lipinski definition) is 1. The predicted octanol–water partition coefficient (Wildman–Crippen LogP) is 2.00. The maximum absolute atomic E-state index is 5.94. The minimum absolute atomic E-state index is 0.446. The molecule has 0 radical (unpaired) electrons. The van der Waals surface area contributed by atoms with Crippen LogP contribution in [0.4, 0.5) is 0 Å². The third-order valence-corrected chi connectivity index (χ3v) is 3.11. The summed E-state index contributed by atoms with van der Waals surface area (Å²) < 4.78 is 0. The van der Waals surface area contributed by atoms with Gasteiger partial charge >= 0.3 is 0 Å². The van der Waals surface area contributed by atoms with Gasteiger partial charge < -0.3 is 5.73 Å². The van der Waals surface area contributed by atoms with Crippen LogP contribution in [0.3, 0.4) is 0 Å². The van der Waals surface area contributed by atoms with Crippen molar-refractivity contribution in [2.24, 2.45) is 5.73 Å². The van der Waals surface area contributed by atoms with Gasteiger partial charge in [-0.1, -0.05) is 17.7 Å². The van der Waals surface area contributed by atoms with Crippen LogP contribution < -0.4 is 5.73 Å². The monoisotopic (exact) mass is 210 g/mol. The van der Waals surface area contributed by atoms with Crippen molar-refractivity contribution in [2.75, 3.05) is 6.54 Å². The summed E-state index contributed by atoms with van der Waals surface area (Å²) in [6.45, 7) is 4.86. The number of benzene rings is 1. The van der Waals surface area contributed by atoms with Crippen LogP contribution in [0.25, 0.3) is 0 Å². The van der Waals surface area contributed by atoms with Crippen molar-refractivity contribution in [1.29, 1.82) is 0 Å². The molecule has 1 aromatic carbocycles. The normalized spacial score (nSPS) is 18.2. The highest BCUT2D eigenvalue weighted by Crippen LogP contribution is 2.26. The first-order valence-corrected chi connectivity index (χ1v) is 5.30. The van der Waals surface area contributed by atoms with Crippen LogP contribution in [0.2, 0.25) is 5.02 Å². The summed E-state index contributed by atoms with van der Waals surface area (Å²) in [5.41, 5.74) is 8.38. The molecule has 2 N–H and O–H groups in total. The first kappa shape index (κ1) is 9.97. The Morgan fingerprint density at radius 3 is 2.86 bits per heavy atom. The molecule has 0 bridgehead atoms. The van der Waals surface area contributed by atoms with Crippen molar-refractivity contribution in [3.05, 3.63) is 34.3 Å². The number of fused-ring (bicyclic) bond motifs is 1. The zero-order chi connectivity index (χ0) is 10.1. The van der Waals surface area contributed by atoms with Crippen molar-refractivity contribution >= 4 is 11.6 Å². The van der Waals surface area contributed by atoms with Crippen molar-refractivity contribution in [2.45, 2.75) is 26.1 Å². The molecular formula is C11H15ClN2. The fourth-order valence-corrected chi connectivity index (χ4v) is 2.04. The highest BCUT2D eigenvalue weighted by Gasteiger charge is 2.22. The Morgan fingerprint density at radius 2 is 2.14 bits per heavy atom. The minimum Gasteiger partial charge on any atom is -0.329 e. The Bertz CT molecular complexity index is 338. The molecule has 1 aliphatic rings. The first-order chi connectivity index (χ1) is 6.70. The maximum Gasteiger partial charge on any atom is 0.0409 e. The number of nitrogens with zero attached hydrogens (tertiary/aromatic N) is 1. The Morgan fingerprint density at radius 1 is 1.43 bits per heavy atom. The van der Waals surface area contributed by atoms with E-state index in [1.54, 1.807) is 0 Å². The predicted molar refractivity (Wildman–Crippen MR) is 59.2 cm³/mol. The quantitative estimate of drug-likeness (QED) is 0.809. The number of nitrogens with two attached hydrogens (primary N) is 1. The second-order valence-corrected chi connectivity index (χ2v) is 4.34. The summed E-state index contributed by atoms with van der Waals surface area (Å²) in [6, 6.07) is 6.57. The highest BCUT2D eigenvalue weighted by molar-refractivity contribution is 6.30. The molecule has 14 heavy (non-hydrogen) atoms. The Kier molecular flexibility index (Phi) is 2.77. The molecule has 3 heteroatoms. The van der Waals surface area contributed by atoms with Crippen LogP contribution in [0.1, 0.15) is 18.1 Å². The fraction of sp³-hybridized carbons (Fsp3) is 0.455. The molecule has 0 spiro atoms. The molecule has 2 rings (SSSR count). The van der Waals surface area contributed by atoms with Gasteiger partial charge in [0.05, 0.1) is 0 Å². The average molecular weight is 211 g/mol. The standard InChI is InChI=1S/C11H15ClN2/c1-8(5-13)14-6-9-2-3-11(12)4-10(9)7-14/h2-4,8H,5-7,13H2,1H3. The first-order valence-electron chi connectivity index (χ1n) is 4.92. The summed E-state index contributed by atoms with van der Waals surface area (Å²) >= 11 is 5.94. The number of rotatable bonds is 2. The van der Waals surface area contributed by atoms with Crippen molar-refractivity contribution in [1.82, 2.24) is 4.90 Å². The molecule has 1 atom stereocenters. The van der Waals surface area contributed by atoms with E-state index in [2.05, 4.69) is 24.0 Å². The van der Waals surface area contributed by atoms with Crippen molar-refractivity contribution in [3.8, 4) is 0 Å². The molecule has 1 aliphatic heterocycles. The van der Waals surface area contributed by atoms with Crippen molar-refractivity contribution in [3.63, 3.8) is 0 Å². The average Bonchev–Trinajstić information content (AvgIpc) is 2.59. The molecule has 0 fully saturated rings. The van der Waals surface area contributed by atoms with Gasteiger partial charge in [-0.25, -0.2) is 0 Å². The molecule has 76 valence electrons. The van der Waals surface area contributed by atoms with Gasteiger partial charge in [0.25, 0.3) is 0 Å². The van der Waals surface area contributed by atoms with Gasteiger partial charge in [-0.3, -0.25) is 4.90 Å². The molecule has 1 unspecified atom stereocenters. The lowest BCUT2D eigenvalue weighted by Crippen LogP contribution is -2.34. The van der Waals surface area contributed by atoms with Crippen LogP contribution in [0, 0.1) is 0 Å². The highest BCUT2D eigenvalue weighted by atomic mass is 35.5. The van der Waals surface area contributed by atoms with Gasteiger partial charge in [0.1, 0.15) is 0 Å². The van der Waals surface area contributed by atoms with Crippen LogP contribution >= 0.6 is 11.6 Å². The molecule has 0 amide bonds. The smallest absolute Gasteiger partial charge is 0.0409 e. The second-order valence-electron chi connectivity index (χ2n) is 3.90. The molecule has 0 saturated heterocycles. The summed E-state index contributed by atoms with van der Waals surface area (Å²) in [5.74, 6) is 0. The Labute approximate surface area is 89.7 Å². The lowest BCUT2D eigenvalue weighted by molar-refractivity contribution is 0.218. The largest absolute Gasteiger partial charge is 0.329 e. The van der Waals surface area contributed by atoms with Crippen LogP contribution in [0.15, 0.2) is 18.2 Å². The molecule has 0 saturated carbocycles. The summed E-state index contributed by atoms with van der Waals surface area (Å²) in [6.07, 6.45) is 0. The molecular weight excluding hydrogens is 196 g/mol. The van der Waals surface area contributed by atoms with E-state index in [-0.39, 0.29) is 0 Å². The zero-order valence-electron chi connectivity index (χ0n) is 8.33. The maximum atomic E-state index is 5.94. The summed E-state index contributed by atoms with van der Waals surface area (Å²) in [7, 11) is 0. The SMILES string of the molecule is CC(CN)N1Cc2ccc(Cl)cc2C1. The van der Waals surface area contributed by atoms with Crippen LogP contribution in [-0.4, -0.2) is 17.5 Å². The minimum atomic E-state index is 0.446. The Hall–Kier alpha value is -0.570. The van der Waals surface area contributed by atoms with E-state index in [0.29, 0.717) is 12.6 Å². The topological polar surface area (TPSA) is 29.3 Å². The fourth-order valence-electron chi connectivity index (χ4n) is 1.85. The van der Waals surface area contributed by atoms with E-state index in [9.17, 15) is 0 Å². The second kappa shape index (κ2) is 3.89. The van der Waals surface area contributed by atoms with Gasteiger partial charge in [-0.2, -0.15) is 0 Å².